The van der Waals surface area contributed by atoms with Crippen LogP contribution in [0, 0.1) is 11.8 Å². The Bertz CT molecular complexity index is 1120. The first-order valence-corrected chi connectivity index (χ1v) is 10.5. The molecule has 4 rings (SSSR count). The molecule has 32 heavy (non-hydrogen) atoms. The number of hydrogen-bond donors (Lipinski definition) is 1. The third kappa shape index (κ3) is 5.97. The minimum atomic E-state index is 0.410. The first kappa shape index (κ1) is 21.6. The fourth-order valence-electron chi connectivity index (χ4n) is 3.10. The van der Waals surface area contributed by atoms with E-state index in [0.717, 1.165) is 28.3 Å². The van der Waals surface area contributed by atoms with Crippen molar-refractivity contribution in [2.45, 2.75) is 0 Å². The molecule has 0 radical (unpaired) electrons. The standard InChI is InChI=1S/C25H26N4O3/c1-29(2)12-4-6-19-8-9-21-18-24(19)32-16-14-30-13-15-31-22-7-3-5-20(17-22)23-10-11-26-25(27-21)28-23/h3,5,7-11,17-18H,12-16H2,1-2H3,(H,26,27,28). The summed E-state index contributed by atoms with van der Waals surface area (Å²) in [5.41, 5.74) is 3.40. The molecule has 164 valence electrons. The number of anilines is 2. The van der Waals surface area contributed by atoms with Gasteiger partial charge in [-0.15, -0.1) is 0 Å². The Kier molecular flexibility index (Phi) is 7.18. The van der Waals surface area contributed by atoms with Crippen LogP contribution in [-0.2, 0) is 4.74 Å². The zero-order chi connectivity index (χ0) is 22.2. The fraction of sp³-hybridized carbons (Fsp3) is 0.280. The average Bonchev–Trinajstić information content (AvgIpc) is 2.79. The van der Waals surface area contributed by atoms with E-state index in [2.05, 4.69) is 27.1 Å². The lowest BCUT2D eigenvalue weighted by molar-refractivity contribution is 0.0764. The van der Waals surface area contributed by atoms with Gasteiger partial charge in [-0.2, -0.15) is 0 Å². The number of hydrogen-bond acceptors (Lipinski definition) is 7. The van der Waals surface area contributed by atoms with Gasteiger partial charge in [0.1, 0.15) is 24.7 Å². The molecule has 0 aliphatic carbocycles. The summed E-state index contributed by atoms with van der Waals surface area (Å²) in [5, 5.41) is 3.27. The molecule has 1 N–H and O–H groups in total. The maximum absolute atomic E-state index is 5.99. The van der Waals surface area contributed by atoms with Crippen molar-refractivity contribution in [3.63, 3.8) is 0 Å². The van der Waals surface area contributed by atoms with Crippen molar-refractivity contribution >= 4 is 11.6 Å². The van der Waals surface area contributed by atoms with Gasteiger partial charge in [-0.05, 0) is 44.4 Å². The summed E-state index contributed by atoms with van der Waals surface area (Å²) in [4.78, 5) is 11.0. The molecule has 2 aromatic carbocycles. The predicted octanol–water partition coefficient (Wildman–Crippen LogP) is 3.59. The van der Waals surface area contributed by atoms with E-state index in [9.17, 15) is 0 Å². The molecule has 0 spiro atoms. The Morgan fingerprint density at radius 2 is 1.88 bits per heavy atom. The second-order valence-electron chi connectivity index (χ2n) is 7.48. The van der Waals surface area contributed by atoms with E-state index in [1.165, 1.54) is 0 Å². The van der Waals surface area contributed by atoms with Gasteiger partial charge in [0, 0.05) is 23.5 Å². The number of benzene rings is 2. The van der Waals surface area contributed by atoms with Crippen molar-refractivity contribution < 1.29 is 14.2 Å². The van der Waals surface area contributed by atoms with Crippen LogP contribution in [0.5, 0.6) is 11.5 Å². The van der Waals surface area contributed by atoms with Gasteiger partial charge in [0.25, 0.3) is 0 Å². The second-order valence-corrected chi connectivity index (χ2v) is 7.48. The van der Waals surface area contributed by atoms with Gasteiger partial charge < -0.3 is 19.5 Å². The van der Waals surface area contributed by atoms with Crippen LogP contribution in [0.1, 0.15) is 5.56 Å². The Balaban J connectivity index is 1.65. The van der Waals surface area contributed by atoms with Crippen molar-refractivity contribution in [1.29, 1.82) is 0 Å². The number of rotatable bonds is 1. The van der Waals surface area contributed by atoms with E-state index in [4.69, 9.17) is 14.2 Å². The number of fused-ring (bicyclic) bond motifs is 7. The van der Waals surface area contributed by atoms with Crippen molar-refractivity contribution in [2.24, 2.45) is 0 Å². The van der Waals surface area contributed by atoms with Crippen LogP contribution >= 0.6 is 0 Å². The molecule has 1 aliphatic heterocycles. The lowest BCUT2D eigenvalue weighted by Crippen LogP contribution is -2.12. The van der Waals surface area contributed by atoms with E-state index < -0.39 is 0 Å². The van der Waals surface area contributed by atoms with Crippen LogP contribution in [0.3, 0.4) is 0 Å². The van der Waals surface area contributed by atoms with Crippen LogP contribution in [0.15, 0.2) is 54.7 Å². The van der Waals surface area contributed by atoms with Crippen molar-refractivity contribution in [3.05, 3.63) is 60.3 Å². The van der Waals surface area contributed by atoms with Gasteiger partial charge in [-0.3, -0.25) is 4.90 Å². The minimum absolute atomic E-state index is 0.410. The topological polar surface area (TPSA) is 68.7 Å². The third-order valence-corrected chi connectivity index (χ3v) is 4.62. The Morgan fingerprint density at radius 3 is 2.75 bits per heavy atom. The van der Waals surface area contributed by atoms with E-state index in [1.54, 1.807) is 6.20 Å². The lowest BCUT2D eigenvalue weighted by Gasteiger charge is -2.12. The SMILES string of the molecule is CN(C)CC#Cc1ccc2cc1OCCOCCOc1cccc(c1)-c1ccnc(n1)N2. The fourth-order valence-corrected chi connectivity index (χ4v) is 3.10. The summed E-state index contributed by atoms with van der Waals surface area (Å²) in [6.45, 7) is 2.46. The number of ether oxygens (including phenoxy) is 3. The molecule has 0 fully saturated rings. The van der Waals surface area contributed by atoms with E-state index in [0.29, 0.717) is 44.7 Å². The molecule has 0 amide bonds. The molecule has 7 heteroatoms. The Labute approximate surface area is 188 Å². The monoisotopic (exact) mass is 430 g/mol. The predicted molar refractivity (Wildman–Crippen MR) is 124 cm³/mol. The molecule has 1 aliphatic rings. The summed E-state index contributed by atoms with van der Waals surface area (Å²) in [5.74, 6) is 8.31. The van der Waals surface area contributed by atoms with Crippen LogP contribution in [-0.4, -0.2) is 61.9 Å². The maximum atomic E-state index is 5.99. The highest BCUT2D eigenvalue weighted by Crippen LogP contribution is 2.26. The molecule has 0 atom stereocenters. The smallest absolute Gasteiger partial charge is 0.227 e. The molecule has 0 saturated carbocycles. The third-order valence-electron chi connectivity index (χ3n) is 4.62. The summed E-state index contributed by atoms with van der Waals surface area (Å²) in [7, 11) is 3.98. The van der Waals surface area contributed by atoms with Gasteiger partial charge in [0.2, 0.25) is 5.95 Å². The highest BCUT2D eigenvalue weighted by atomic mass is 16.5. The molecular formula is C25H26N4O3. The number of aromatic nitrogens is 2. The second kappa shape index (κ2) is 10.6. The highest BCUT2D eigenvalue weighted by Gasteiger charge is 2.08. The van der Waals surface area contributed by atoms with Gasteiger partial charge in [-0.1, -0.05) is 24.0 Å². The van der Waals surface area contributed by atoms with Crippen molar-refractivity contribution in [2.75, 3.05) is 52.4 Å². The van der Waals surface area contributed by atoms with Crippen molar-refractivity contribution in [1.82, 2.24) is 14.9 Å². The number of nitrogens with one attached hydrogen (secondary N) is 1. The lowest BCUT2D eigenvalue weighted by atomic mass is 10.1. The largest absolute Gasteiger partial charge is 0.491 e. The molecule has 7 nitrogen and oxygen atoms in total. The molecular weight excluding hydrogens is 404 g/mol. The van der Waals surface area contributed by atoms with E-state index in [-0.39, 0.29) is 0 Å². The van der Waals surface area contributed by atoms with E-state index in [1.807, 2.05) is 67.5 Å². The van der Waals surface area contributed by atoms with Crippen molar-refractivity contribution in [3.8, 4) is 34.6 Å². The first-order chi connectivity index (χ1) is 15.7. The van der Waals surface area contributed by atoms with Crippen LogP contribution in [0.2, 0.25) is 0 Å². The molecule has 1 aromatic heterocycles. The van der Waals surface area contributed by atoms with Gasteiger partial charge >= 0.3 is 0 Å². The highest BCUT2D eigenvalue weighted by molar-refractivity contribution is 5.65. The maximum Gasteiger partial charge on any atom is 0.227 e. The summed E-state index contributed by atoms with van der Waals surface area (Å²) in [6.07, 6.45) is 1.73. The molecule has 2 heterocycles. The quantitative estimate of drug-likeness (QED) is 0.592. The van der Waals surface area contributed by atoms with E-state index >= 15 is 0 Å². The average molecular weight is 431 g/mol. The zero-order valence-electron chi connectivity index (χ0n) is 18.3. The zero-order valence-corrected chi connectivity index (χ0v) is 18.3. The molecule has 3 aromatic rings. The van der Waals surface area contributed by atoms with Gasteiger partial charge in [-0.25, -0.2) is 9.97 Å². The normalized spacial score (nSPS) is 13.6. The van der Waals surface area contributed by atoms with Crippen LogP contribution in [0.4, 0.5) is 11.6 Å². The van der Waals surface area contributed by atoms with Gasteiger partial charge in [0.05, 0.1) is 31.0 Å². The molecule has 6 bridgehead atoms. The molecule has 0 unspecified atom stereocenters. The summed E-state index contributed by atoms with van der Waals surface area (Å²) < 4.78 is 17.5. The first-order valence-electron chi connectivity index (χ1n) is 10.5. The Hall–Kier alpha value is -3.60. The van der Waals surface area contributed by atoms with Gasteiger partial charge in [0.15, 0.2) is 0 Å². The summed E-state index contributed by atoms with van der Waals surface area (Å²) in [6, 6.07) is 15.5. The van der Waals surface area contributed by atoms with Crippen LogP contribution in [0.25, 0.3) is 11.3 Å². The number of nitrogens with zero attached hydrogens (tertiary/aromatic N) is 3. The Morgan fingerprint density at radius 1 is 1.00 bits per heavy atom. The van der Waals surface area contributed by atoms with Crippen LogP contribution < -0.4 is 14.8 Å². The minimum Gasteiger partial charge on any atom is -0.491 e. The molecule has 0 saturated heterocycles. The summed E-state index contributed by atoms with van der Waals surface area (Å²) >= 11 is 0.